The first-order valence-electron chi connectivity index (χ1n) is 3.42. The summed E-state index contributed by atoms with van der Waals surface area (Å²) in [6.45, 7) is 0. The zero-order valence-electron chi connectivity index (χ0n) is 7.47. The van der Waals surface area contributed by atoms with Gasteiger partial charge in [0.15, 0.2) is 0 Å². The molecule has 2 unspecified atom stereocenters. The third kappa shape index (κ3) is 2.37. The fraction of sp³-hybridized carbons (Fsp3) is 0.500. The first kappa shape index (κ1) is 13.7. The highest BCUT2D eigenvalue weighted by Crippen LogP contribution is 2.24. The molecule has 0 aliphatic carbocycles. The number of hydrogen-bond donors (Lipinski definition) is 3. The van der Waals surface area contributed by atoms with E-state index in [-0.39, 0.29) is 0 Å². The van der Waals surface area contributed by atoms with Crippen molar-refractivity contribution in [3.63, 3.8) is 0 Å². The van der Waals surface area contributed by atoms with E-state index in [9.17, 15) is 15.0 Å². The summed E-state index contributed by atoms with van der Waals surface area (Å²) in [6.07, 6.45) is 1.61. The van der Waals surface area contributed by atoms with Crippen molar-refractivity contribution in [3.05, 3.63) is 10.9 Å². The van der Waals surface area contributed by atoms with Gasteiger partial charge in [-0.05, 0) is 11.7 Å². The largest absolute Gasteiger partial charge is 0.480 e. The SMILES string of the molecule is [B]/C(=C\SC)C([B])(O)C([B])(O)C(=O)O. The third-order valence-electron chi connectivity index (χ3n) is 1.59. The lowest BCUT2D eigenvalue weighted by Crippen LogP contribution is -2.61. The van der Waals surface area contributed by atoms with Crippen molar-refractivity contribution >= 4 is 41.3 Å². The van der Waals surface area contributed by atoms with Crippen LogP contribution in [0.25, 0.3) is 0 Å². The summed E-state index contributed by atoms with van der Waals surface area (Å²) in [5, 5.41) is 28.3. The average Bonchev–Trinajstić information content (AvgIpc) is 2.04. The normalized spacial score (nSPS) is 20.9. The molecule has 0 aromatic heterocycles. The molecule has 0 heterocycles. The van der Waals surface area contributed by atoms with Gasteiger partial charge in [-0.3, -0.25) is 0 Å². The molecule has 0 aliphatic heterocycles. The predicted octanol–water partition coefficient (Wildman–Crippen LogP) is -1.84. The Morgan fingerprint density at radius 3 is 2.07 bits per heavy atom. The van der Waals surface area contributed by atoms with E-state index in [1.807, 2.05) is 0 Å². The van der Waals surface area contributed by atoms with Crippen molar-refractivity contribution in [1.29, 1.82) is 0 Å². The number of thioether (sulfide) groups is 1. The molecule has 0 spiro atoms. The maximum Gasteiger partial charge on any atom is 0.328 e. The molecule has 8 heteroatoms. The van der Waals surface area contributed by atoms with Gasteiger partial charge < -0.3 is 15.3 Å². The molecule has 0 aromatic rings. The van der Waals surface area contributed by atoms with Crippen molar-refractivity contribution in [1.82, 2.24) is 0 Å². The minimum Gasteiger partial charge on any atom is -0.480 e. The maximum atomic E-state index is 10.5. The van der Waals surface area contributed by atoms with Crippen LogP contribution >= 0.6 is 11.8 Å². The first-order valence-corrected chi connectivity index (χ1v) is 4.71. The van der Waals surface area contributed by atoms with Gasteiger partial charge in [-0.2, -0.15) is 0 Å². The highest BCUT2D eigenvalue weighted by molar-refractivity contribution is 8.01. The fourth-order valence-corrected chi connectivity index (χ4v) is 1.03. The Labute approximate surface area is 90.0 Å². The summed E-state index contributed by atoms with van der Waals surface area (Å²) in [4.78, 5) is 10.5. The Bertz CT molecular complexity index is 264. The standard InChI is InChI=1S/C6H7B3O4S/c1-14-2-3(7)5(8,12)6(9,13)4(10)11/h2,12-13H,1H3,(H,10,11)/b3-2-. The van der Waals surface area contributed by atoms with Crippen LogP contribution in [-0.4, -0.2) is 62.1 Å². The van der Waals surface area contributed by atoms with Crippen LogP contribution in [0.15, 0.2) is 10.9 Å². The van der Waals surface area contributed by atoms with Gasteiger partial charge in [0.2, 0.25) is 0 Å². The lowest BCUT2D eigenvalue weighted by atomic mass is 9.52. The van der Waals surface area contributed by atoms with E-state index in [0.29, 0.717) is 0 Å². The highest BCUT2D eigenvalue weighted by atomic mass is 32.2. The van der Waals surface area contributed by atoms with E-state index < -0.39 is 22.4 Å². The monoisotopic (exact) mass is 208 g/mol. The van der Waals surface area contributed by atoms with Crippen molar-refractivity contribution in [3.8, 4) is 0 Å². The van der Waals surface area contributed by atoms with E-state index >= 15 is 0 Å². The molecular weight excluding hydrogens is 201 g/mol. The van der Waals surface area contributed by atoms with Crippen LogP contribution in [0.5, 0.6) is 0 Å². The van der Waals surface area contributed by atoms with E-state index in [2.05, 4.69) is 0 Å². The molecule has 14 heavy (non-hydrogen) atoms. The number of carboxylic acids is 1. The average molecular weight is 208 g/mol. The van der Waals surface area contributed by atoms with Gasteiger partial charge in [-0.1, -0.05) is 5.47 Å². The second-order valence-electron chi connectivity index (χ2n) is 2.65. The van der Waals surface area contributed by atoms with Gasteiger partial charge in [-0.25, -0.2) is 4.79 Å². The molecule has 3 N–H and O–H groups in total. The maximum absolute atomic E-state index is 10.5. The summed E-state index contributed by atoms with van der Waals surface area (Å²) in [7, 11) is 15.3. The number of carboxylic acid groups (broad SMARTS) is 1. The van der Waals surface area contributed by atoms with Crippen molar-refractivity contribution < 1.29 is 20.1 Å². The lowest BCUT2D eigenvalue weighted by molar-refractivity contribution is -0.159. The van der Waals surface area contributed by atoms with Crippen LogP contribution < -0.4 is 0 Å². The van der Waals surface area contributed by atoms with Gasteiger partial charge in [0.1, 0.15) is 29.0 Å². The smallest absolute Gasteiger partial charge is 0.328 e. The summed E-state index contributed by atoms with van der Waals surface area (Å²) in [6, 6.07) is 0. The fourth-order valence-electron chi connectivity index (χ4n) is 0.600. The number of aliphatic hydroxyl groups is 2. The lowest BCUT2D eigenvalue weighted by Gasteiger charge is -2.37. The molecule has 4 nitrogen and oxygen atoms in total. The molecule has 6 radical (unpaired) electrons. The van der Waals surface area contributed by atoms with Crippen LogP contribution in [0.4, 0.5) is 0 Å². The van der Waals surface area contributed by atoms with Gasteiger partial charge >= 0.3 is 5.97 Å². The quantitative estimate of drug-likeness (QED) is 0.472. The molecule has 70 valence electrons. The van der Waals surface area contributed by atoms with E-state index in [1.54, 1.807) is 6.26 Å². The first-order chi connectivity index (χ1) is 6.17. The molecular formula is C6H7B3O4S. The van der Waals surface area contributed by atoms with Crippen LogP contribution in [0.1, 0.15) is 0 Å². The minimum absolute atomic E-state index is 0.433. The molecule has 0 amide bonds. The summed E-state index contributed by atoms with van der Waals surface area (Å²) in [5.74, 6) is -1.88. The van der Waals surface area contributed by atoms with Crippen LogP contribution in [0, 0.1) is 0 Å². The second kappa shape index (κ2) is 4.46. The van der Waals surface area contributed by atoms with Crippen LogP contribution in [0.2, 0.25) is 0 Å². The molecule has 0 rings (SSSR count). The highest BCUT2D eigenvalue weighted by Gasteiger charge is 2.47. The Kier molecular flexibility index (Phi) is 4.36. The number of carbonyl (C=O) groups is 1. The summed E-state index contributed by atoms with van der Waals surface area (Å²) >= 11 is 1.08. The van der Waals surface area contributed by atoms with Gasteiger partial charge in [-0.15, -0.1) is 11.8 Å². The molecule has 0 saturated heterocycles. The number of rotatable bonds is 4. The van der Waals surface area contributed by atoms with Crippen molar-refractivity contribution in [2.45, 2.75) is 11.0 Å². The number of hydrogen-bond acceptors (Lipinski definition) is 4. The molecule has 0 fully saturated rings. The van der Waals surface area contributed by atoms with Gasteiger partial charge in [0, 0.05) is 0 Å². The van der Waals surface area contributed by atoms with Crippen LogP contribution in [0.3, 0.4) is 0 Å². The van der Waals surface area contributed by atoms with E-state index in [0.717, 1.165) is 11.8 Å². The second-order valence-corrected chi connectivity index (χ2v) is 3.35. The van der Waals surface area contributed by atoms with Crippen LogP contribution in [-0.2, 0) is 4.79 Å². The summed E-state index contributed by atoms with van der Waals surface area (Å²) in [5.41, 5.74) is -6.19. The Balaban J connectivity index is 5.14. The zero-order valence-corrected chi connectivity index (χ0v) is 8.28. The molecule has 0 aliphatic rings. The Morgan fingerprint density at radius 2 is 1.79 bits per heavy atom. The van der Waals surface area contributed by atoms with Crippen molar-refractivity contribution in [2.75, 3.05) is 6.26 Å². The molecule has 0 aromatic carbocycles. The minimum atomic E-state index is -3.04. The van der Waals surface area contributed by atoms with E-state index in [1.165, 1.54) is 5.41 Å². The summed E-state index contributed by atoms with van der Waals surface area (Å²) < 4.78 is 0. The van der Waals surface area contributed by atoms with Gasteiger partial charge in [0.25, 0.3) is 0 Å². The van der Waals surface area contributed by atoms with Gasteiger partial charge in [0.05, 0.1) is 5.50 Å². The van der Waals surface area contributed by atoms with E-state index in [4.69, 9.17) is 28.6 Å². The molecule has 2 atom stereocenters. The topological polar surface area (TPSA) is 77.8 Å². The molecule has 0 bridgehead atoms. The Morgan fingerprint density at radius 1 is 1.36 bits per heavy atom. The molecule has 0 saturated carbocycles. The Hall–Kier alpha value is -0.325. The third-order valence-corrected chi connectivity index (χ3v) is 2.08. The zero-order chi connectivity index (χ0) is 11.6. The van der Waals surface area contributed by atoms with Crippen molar-refractivity contribution in [2.24, 2.45) is 0 Å². The predicted molar refractivity (Wildman–Crippen MR) is 56.4 cm³/mol. The number of aliphatic carboxylic acids is 1.